The Morgan fingerprint density at radius 1 is 1.40 bits per heavy atom. The minimum absolute atomic E-state index is 0.121. The van der Waals surface area contributed by atoms with Crippen molar-refractivity contribution in [1.29, 1.82) is 0 Å². The number of nitrogen functional groups attached to an aromatic ring is 1. The number of methoxy groups -OCH3 is 1. The Morgan fingerprint density at radius 3 is 2.60 bits per heavy atom. The molecule has 1 rings (SSSR count). The fourth-order valence-electron chi connectivity index (χ4n) is 1.67. The molecule has 0 saturated carbocycles. The van der Waals surface area contributed by atoms with Crippen LogP contribution in [0.25, 0.3) is 0 Å². The van der Waals surface area contributed by atoms with Crippen LogP contribution >= 0.6 is 0 Å². The van der Waals surface area contributed by atoms with Crippen LogP contribution < -0.4 is 16.6 Å². The maximum atomic E-state index is 11.9. The molecule has 0 bridgehead atoms. The highest BCUT2D eigenvalue weighted by Gasteiger charge is 2.24. The fraction of sp³-hybridized carbons (Fsp3) is 0.462. The molecule has 1 heterocycles. The molecule has 1 atom stereocenters. The Kier molecular flexibility index (Phi) is 5.31. The van der Waals surface area contributed by atoms with Gasteiger partial charge in [0.25, 0.3) is 5.56 Å². The molecule has 0 aliphatic rings. The van der Waals surface area contributed by atoms with Crippen LogP contribution in [-0.4, -0.2) is 29.6 Å². The summed E-state index contributed by atoms with van der Waals surface area (Å²) in [6.07, 6.45) is 1.38. The number of carbonyl (C=O) groups is 2. The number of anilines is 1. The topological polar surface area (TPSA) is 103 Å². The lowest BCUT2D eigenvalue weighted by Gasteiger charge is -2.20. The summed E-state index contributed by atoms with van der Waals surface area (Å²) >= 11 is 0. The van der Waals surface area contributed by atoms with Crippen molar-refractivity contribution in [1.82, 2.24) is 9.88 Å². The summed E-state index contributed by atoms with van der Waals surface area (Å²) in [5.41, 5.74) is 5.60. The first kappa shape index (κ1) is 15.7. The average molecular weight is 281 g/mol. The van der Waals surface area contributed by atoms with E-state index in [0.29, 0.717) is 5.69 Å². The molecule has 110 valence electrons. The van der Waals surface area contributed by atoms with Gasteiger partial charge in [-0.25, -0.2) is 4.79 Å². The zero-order valence-electron chi connectivity index (χ0n) is 11.8. The number of rotatable bonds is 5. The van der Waals surface area contributed by atoms with Gasteiger partial charge in [0.05, 0.1) is 7.11 Å². The molecule has 0 radical (unpaired) electrons. The fourth-order valence-corrected chi connectivity index (χ4v) is 1.67. The zero-order chi connectivity index (χ0) is 15.3. The van der Waals surface area contributed by atoms with Gasteiger partial charge in [-0.05, 0) is 12.0 Å². The first-order chi connectivity index (χ1) is 9.35. The summed E-state index contributed by atoms with van der Waals surface area (Å²) in [6, 6.07) is 1.99. The number of nitrogens with zero attached hydrogens (tertiary/aromatic N) is 1. The highest BCUT2D eigenvalue weighted by molar-refractivity contribution is 5.84. The zero-order valence-corrected chi connectivity index (χ0v) is 11.8. The van der Waals surface area contributed by atoms with Crippen molar-refractivity contribution < 1.29 is 14.3 Å². The molecule has 1 aromatic heterocycles. The van der Waals surface area contributed by atoms with Gasteiger partial charge in [0.15, 0.2) is 0 Å². The second kappa shape index (κ2) is 6.74. The Morgan fingerprint density at radius 2 is 2.05 bits per heavy atom. The van der Waals surface area contributed by atoms with Crippen LogP contribution in [0.5, 0.6) is 0 Å². The van der Waals surface area contributed by atoms with Crippen LogP contribution in [0.1, 0.15) is 13.8 Å². The van der Waals surface area contributed by atoms with Gasteiger partial charge in [-0.15, -0.1) is 0 Å². The molecule has 20 heavy (non-hydrogen) atoms. The van der Waals surface area contributed by atoms with Crippen LogP contribution in [-0.2, 0) is 20.9 Å². The lowest BCUT2D eigenvalue weighted by Crippen LogP contribution is -2.46. The van der Waals surface area contributed by atoms with Gasteiger partial charge in [-0.3, -0.25) is 9.59 Å². The van der Waals surface area contributed by atoms with Gasteiger partial charge in [0, 0.05) is 18.0 Å². The number of amides is 1. The standard InChI is InChI=1S/C13H19N3O4/c1-8(2)12(13(19)20-3)15-10(17)7-16-6-9(14)4-5-11(16)18/h4-6,8,12H,7,14H2,1-3H3,(H,15,17). The van der Waals surface area contributed by atoms with Crippen molar-refractivity contribution in [3.05, 3.63) is 28.7 Å². The maximum absolute atomic E-state index is 11.9. The van der Waals surface area contributed by atoms with Crippen molar-refractivity contribution in [2.45, 2.75) is 26.4 Å². The van der Waals surface area contributed by atoms with E-state index in [4.69, 9.17) is 5.73 Å². The van der Waals surface area contributed by atoms with Crippen LogP contribution in [0.2, 0.25) is 0 Å². The summed E-state index contributed by atoms with van der Waals surface area (Å²) < 4.78 is 5.81. The molecule has 1 unspecified atom stereocenters. The van der Waals surface area contributed by atoms with Gasteiger partial charge >= 0.3 is 5.97 Å². The Hall–Kier alpha value is -2.31. The third-order valence-electron chi connectivity index (χ3n) is 2.76. The molecular formula is C13H19N3O4. The largest absolute Gasteiger partial charge is 0.467 e. The highest BCUT2D eigenvalue weighted by atomic mass is 16.5. The van der Waals surface area contributed by atoms with E-state index in [9.17, 15) is 14.4 Å². The molecule has 0 aliphatic heterocycles. The van der Waals surface area contributed by atoms with E-state index in [1.54, 1.807) is 13.8 Å². The number of aromatic nitrogens is 1. The summed E-state index contributed by atoms with van der Waals surface area (Å²) in [5, 5.41) is 2.55. The summed E-state index contributed by atoms with van der Waals surface area (Å²) in [7, 11) is 1.26. The van der Waals surface area contributed by atoms with E-state index in [1.807, 2.05) is 0 Å². The van der Waals surface area contributed by atoms with Gasteiger partial charge < -0.3 is 20.4 Å². The second-order valence-electron chi connectivity index (χ2n) is 4.74. The first-order valence-electron chi connectivity index (χ1n) is 6.18. The Balaban J connectivity index is 2.78. The van der Waals surface area contributed by atoms with Crippen LogP contribution in [0.3, 0.4) is 0 Å². The molecule has 7 heteroatoms. The van der Waals surface area contributed by atoms with Crippen LogP contribution in [0.15, 0.2) is 23.1 Å². The van der Waals surface area contributed by atoms with E-state index >= 15 is 0 Å². The number of ether oxygens (including phenoxy) is 1. The van der Waals surface area contributed by atoms with Crippen LogP contribution in [0, 0.1) is 5.92 Å². The normalized spacial score (nSPS) is 12.0. The SMILES string of the molecule is COC(=O)C(NC(=O)Cn1cc(N)ccc1=O)C(C)C. The van der Waals surface area contributed by atoms with Gasteiger partial charge in [0.1, 0.15) is 12.6 Å². The third kappa shape index (κ3) is 4.11. The first-order valence-corrected chi connectivity index (χ1v) is 6.18. The maximum Gasteiger partial charge on any atom is 0.328 e. The van der Waals surface area contributed by atoms with Crippen molar-refractivity contribution in [2.24, 2.45) is 5.92 Å². The molecule has 7 nitrogen and oxygen atoms in total. The molecular weight excluding hydrogens is 262 g/mol. The number of nitrogens with two attached hydrogens (primary N) is 1. The van der Waals surface area contributed by atoms with E-state index in [-0.39, 0.29) is 18.0 Å². The molecule has 0 aromatic carbocycles. The number of hydrogen-bond acceptors (Lipinski definition) is 5. The van der Waals surface area contributed by atoms with Gasteiger partial charge in [0.2, 0.25) is 5.91 Å². The van der Waals surface area contributed by atoms with Crippen molar-refractivity contribution in [3.63, 3.8) is 0 Å². The minimum Gasteiger partial charge on any atom is -0.467 e. The molecule has 3 N–H and O–H groups in total. The molecule has 1 aromatic rings. The number of carbonyl (C=O) groups excluding carboxylic acids is 2. The summed E-state index contributed by atoms with van der Waals surface area (Å²) in [6.45, 7) is 3.37. The smallest absolute Gasteiger partial charge is 0.328 e. The summed E-state index contributed by atoms with van der Waals surface area (Å²) in [4.78, 5) is 35.0. The monoisotopic (exact) mass is 281 g/mol. The lowest BCUT2D eigenvalue weighted by atomic mass is 10.0. The predicted molar refractivity (Wildman–Crippen MR) is 73.9 cm³/mol. The van der Waals surface area contributed by atoms with E-state index in [2.05, 4.69) is 10.1 Å². The molecule has 0 spiro atoms. The van der Waals surface area contributed by atoms with E-state index < -0.39 is 17.9 Å². The Bertz CT molecular complexity index is 551. The third-order valence-corrected chi connectivity index (χ3v) is 2.76. The Labute approximate surface area is 116 Å². The van der Waals surface area contributed by atoms with Crippen molar-refractivity contribution >= 4 is 17.6 Å². The van der Waals surface area contributed by atoms with Crippen LogP contribution in [0.4, 0.5) is 5.69 Å². The predicted octanol–water partition coefficient (Wildman–Crippen LogP) is -0.256. The lowest BCUT2D eigenvalue weighted by molar-refractivity contribution is -0.146. The number of hydrogen-bond donors (Lipinski definition) is 2. The minimum atomic E-state index is -0.746. The number of pyridine rings is 1. The highest BCUT2D eigenvalue weighted by Crippen LogP contribution is 2.04. The van der Waals surface area contributed by atoms with E-state index in [0.717, 1.165) is 0 Å². The van der Waals surface area contributed by atoms with Gasteiger partial charge in [-0.1, -0.05) is 13.8 Å². The van der Waals surface area contributed by atoms with Crippen molar-refractivity contribution in [3.8, 4) is 0 Å². The van der Waals surface area contributed by atoms with E-state index in [1.165, 1.54) is 30.0 Å². The molecule has 0 aliphatic carbocycles. The van der Waals surface area contributed by atoms with Crippen molar-refractivity contribution in [2.75, 3.05) is 12.8 Å². The van der Waals surface area contributed by atoms with Gasteiger partial charge in [-0.2, -0.15) is 0 Å². The average Bonchev–Trinajstić information content (AvgIpc) is 2.39. The molecule has 0 fully saturated rings. The number of nitrogens with one attached hydrogen (secondary N) is 1. The second-order valence-corrected chi connectivity index (χ2v) is 4.74. The molecule has 1 amide bonds. The molecule has 0 saturated heterocycles. The summed E-state index contributed by atoms with van der Waals surface area (Å²) in [5.74, 6) is -1.10. The number of esters is 1. The quantitative estimate of drug-likeness (QED) is 0.724.